The molecule has 0 fully saturated rings. The summed E-state index contributed by atoms with van der Waals surface area (Å²) in [5, 5.41) is 8.31. The van der Waals surface area contributed by atoms with Gasteiger partial charge in [0.15, 0.2) is 6.10 Å². The van der Waals surface area contributed by atoms with Crippen LogP contribution in [0.4, 0.5) is 0 Å². The largest absolute Gasteiger partial charge is 0.479 e. The number of hydrogen-bond donors (Lipinski definition) is 1. The van der Waals surface area contributed by atoms with Crippen LogP contribution in [0.15, 0.2) is 0 Å². The molecule has 3 nitrogen and oxygen atoms in total. The first-order chi connectivity index (χ1) is 4.68. The Balaban J connectivity index is 3.46. The summed E-state index contributed by atoms with van der Waals surface area (Å²) in [6, 6.07) is 0. The van der Waals surface area contributed by atoms with Gasteiger partial charge in [0.25, 0.3) is 0 Å². The van der Waals surface area contributed by atoms with Crippen molar-refractivity contribution in [3.8, 4) is 11.8 Å². The molecule has 0 radical (unpaired) electrons. The van der Waals surface area contributed by atoms with E-state index in [1.807, 2.05) is 0 Å². The maximum Gasteiger partial charge on any atom is 0.332 e. The predicted molar refractivity (Wildman–Crippen MR) is 36.5 cm³/mol. The van der Waals surface area contributed by atoms with Gasteiger partial charge in [-0.3, -0.25) is 0 Å². The summed E-state index contributed by atoms with van der Waals surface area (Å²) in [4.78, 5) is 10.1. The van der Waals surface area contributed by atoms with Gasteiger partial charge in [0.05, 0.1) is 0 Å². The van der Waals surface area contributed by atoms with Gasteiger partial charge in [0, 0.05) is 0 Å². The second kappa shape index (κ2) is 4.83. The highest BCUT2D eigenvalue weighted by Crippen LogP contribution is 1.87. The van der Waals surface area contributed by atoms with Gasteiger partial charge in [-0.25, -0.2) is 4.79 Å². The molecule has 0 aromatic carbocycles. The molecule has 1 atom stereocenters. The molecule has 0 amide bonds. The van der Waals surface area contributed by atoms with E-state index in [1.54, 1.807) is 6.92 Å². The molecule has 1 N–H and O–H groups in total. The van der Waals surface area contributed by atoms with Crippen LogP contribution in [0, 0.1) is 11.8 Å². The van der Waals surface area contributed by atoms with Crippen molar-refractivity contribution in [1.82, 2.24) is 0 Å². The molecule has 0 aromatic heterocycles. The average molecular weight is 142 g/mol. The molecule has 0 heterocycles. The van der Waals surface area contributed by atoms with Crippen LogP contribution in [0.1, 0.15) is 13.8 Å². The summed E-state index contributed by atoms with van der Waals surface area (Å²) < 4.78 is 4.77. The van der Waals surface area contributed by atoms with E-state index in [0.717, 1.165) is 0 Å². The normalized spacial score (nSPS) is 11.4. The van der Waals surface area contributed by atoms with Gasteiger partial charge in [-0.2, -0.15) is 0 Å². The van der Waals surface area contributed by atoms with E-state index < -0.39 is 12.1 Å². The van der Waals surface area contributed by atoms with Gasteiger partial charge in [-0.15, -0.1) is 5.92 Å². The fraction of sp³-hybridized carbons (Fsp3) is 0.571. The number of carbonyl (C=O) groups is 1. The highest BCUT2D eigenvalue weighted by Gasteiger charge is 2.08. The highest BCUT2D eigenvalue weighted by molar-refractivity contribution is 5.71. The van der Waals surface area contributed by atoms with Crippen molar-refractivity contribution in [3.63, 3.8) is 0 Å². The molecular formula is C7H10O3. The highest BCUT2D eigenvalue weighted by atomic mass is 16.5. The fourth-order valence-electron chi connectivity index (χ4n) is 0.310. The van der Waals surface area contributed by atoms with E-state index in [9.17, 15) is 4.79 Å². The maximum absolute atomic E-state index is 10.1. The van der Waals surface area contributed by atoms with Crippen LogP contribution in [-0.2, 0) is 9.53 Å². The van der Waals surface area contributed by atoms with Gasteiger partial charge >= 0.3 is 5.97 Å². The molecule has 0 bridgehead atoms. The smallest absolute Gasteiger partial charge is 0.332 e. The molecule has 0 aliphatic heterocycles. The Morgan fingerprint density at radius 2 is 2.40 bits per heavy atom. The Morgan fingerprint density at radius 1 is 1.80 bits per heavy atom. The van der Waals surface area contributed by atoms with Crippen molar-refractivity contribution < 1.29 is 14.6 Å². The zero-order valence-electron chi connectivity index (χ0n) is 6.05. The Bertz CT molecular complexity index is 163. The molecule has 0 aliphatic rings. The predicted octanol–water partition coefficient (Wildman–Crippen LogP) is 0.499. The second-order valence-corrected chi connectivity index (χ2v) is 1.72. The molecular weight excluding hydrogens is 132 g/mol. The first kappa shape index (κ1) is 8.99. The van der Waals surface area contributed by atoms with Crippen molar-refractivity contribution >= 4 is 5.97 Å². The summed E-state index contributed by atoms with van der Waals surface area (Å²) in [6.07, 6.45) is -0.763. The third-order valence-corrected chi connectivity index (χ3v) is 0.930. The summed E-state index contributed by atoms with van der Waals surface area (Å²) >= 11 is 0. The van der Waals surface area contributed by atoms with Crippen molar-refractivity contribution in [2.45, 2.75) is 20.0 Å². The third-order valence-electron chi connectivity index (χ3n) is 0.930. The van der Waals surface area contributed by atoms with Crippen LogP contribution in [-0.4, -0.2) is 23.8 Å². The minimum Gasteiger partial charge on any atom is -0.479 e. The molecule has 10 heavy (non-hydrogen) atoms. The van der Waals surface area contributed by atoms with Crippen LogP contribution in [0.25, 0.3) is 0 Å². The van der Waals surface area contributed by atoms with E-state index in [0.29, 0.717) is 0 Å². The van der Waals surface area contributed by atoms with Gasteiger partial charge in [0.1, 0.15) is 6.61 Å². The van der Waals surface area contributed by atoms with Crippen LogP contribution >= 0.6 is 0 Å². The van der Waals surface area contributed by atoms with E-state index >= 15 is 0 Å². The average Bonchev–Trinajstić information content (AvgIpc) is 1.88. The van der Waals surface area contributed by atoms with Crippen LogP contribution in [0.5, 0.6) is 0 Å². The molecule has 0 saturated heterocycles. The SMILES string of the molecule is CC#CCOC(C)C(=O)O. The minimum atomic E-state index is -0.960. The summed E-state index contributed by atoms with van der Waals surface area (Å²) in [5.74, 6) is 4.23. The van der Waals surface area contributed by atoms with Crippen molar-refractivity contribution in [2.75, 3.05) is 6.61 Å². The number of carboxylic acid groups (broad SMARTS) is 1. The van der Waals surface area contributed by atoms with Crippen molar-refractivity contribution in [2.24, 2.45) is 0 Å². The van der Waals surface area contributed by atoms with Crippen molar-refractivity contribution in [3.05, 3.63) is 0 Å². The Hall–Kier alpha value is -1.01. The first-order valence-corrected chi connectivity index (χ1v) is 2.92. The zero-order valence-corrected chi connectivity index (χ0v) is 6.05. The lowest BCUT2D eigenvalue weighted by atomic mass is 10.4. The molecule has 0 spiro atoms. The number of rotatable bonds is 3. The Kier molecular flexibility index (Phi) is 4.34. The molecule has 0 saturated carbocycles. The topological polar surface area (TPSA) is 46.5 Å². The lowest BCUT2D eigenvalue weighted by Gasteiger charge is -2.02. The van der Waals surface area contributed by atoms with Crippen LogP contribution < -0.4 is 0 Å². The minimum absolute atomic E-state index is 0.184. The van der Waals surface area contributed by atoms with Gasteiger partial charge in [0.2, 0.25) is 0 Å². The summed E-state index contributed by atoms with van der Waals surface area (Å²) in [7, 11) is 0. The summed E-state index contributed by atoms with van der Waals surface area (Å²) in [6.45, 7) is 3.33. The maximum atomic E-state index is 10.1. The lowest BCUT2D eigenvalue weighted by Crippen LogP contribution is -2.19. The summed E-state index contributed by atoms with van der Waals surface area (Å²) in [5.41, 5.74) is 0. The monoisotopic (exact) mass is 142 g/mol. The van der Waals surface area contributed by atoms with Crippen LogP contribution in [0.2, 0.25) is 0 Å². The number of hydrogen-bond acceptors (Lipinski definition) is 2. The third kappa shape index (κ3) is 3.93. The van der Waals surface area contributed by atoms with Gasteiger partial charge < -0.3 is 9.84 Å². The first-order valence-electron chi connectivity index (χ1n) is 2.92. The lowest BCUT2D eigenvalue weighted by molar-refractivity contribution is -0.148. The second-order valence-electron chi connectivity index (χ2n) is 1.72. The quantitative estimate of drug-likeness (QED) is 0.583. The number of carboxylic acids is 1. The van der Waals surface area contributed by atoms with E-state index in [2.05, 4.69) is 11.8 Å². The Morgan fingerprint density at radius 3 is 2.80 bits per heavy atom. The zero-order chi connectivity index (χ0) is 7.98. The van der Waals surface area contributed by atoms with E-state index in [1.165, 1.54) is 6.92 Å². The standard InChI is InChI=1S/C7H10O3/c1-3-4-5-10-6(2)7(8)9/h6H,5H2,1-2H3,(H,8,9). The number of ether oxygens (including phenoxy) is 1. The van der Waals surface area contributed by atoms with Crippen LogP contribution in [0.3, 0.4) is 0 Å². The molecule has 0 rings (SSSR count). The molecule has 56 valence electrons. The van der Waals surface area contributed by atoms with Crippen molar-refractivity contribution in [1.29, 1.82) is 0 Å². The Labute approximate surface area is 60.0 Å². The number of aliphatic carboxylic acids is 1. The van der Waals surface area contributed by atoms with E-state index in [-0.39, 0.29) is 6.61 Å². The molecule has 1 unspecified atom stereocenters. The molecule has 0 aliphatic carbocycles. The van der Waals surface area contributed by atoms with E-state index in [4.69, 9.17) is 9.84 Å². The fourth-order valence-corrected chi connectivity index (χ4v) is 0.310. The van der Waals surface area contributed by atoms with Gasteiger partial charge in [-0.1, -0.05) is 5.92 Å². The molecule has 3 heteroatoms. The van der Waals surface area contributed by atoms with Gasteiger partial charge in [-0.05, 0) is 13.8 Å². The molecule has 0 aromatic rings.